The molecule has 5 rings (SSSR count). The fraction of sp³-hybridized carbons (Fsp3) is 0.867. The Balaban J connectivity index is 1.55. The molecule has 0 aromatic heterocycles. The van der Waals surface area contributed by atoms with Gasteiger partial charge in [-0.1, -0.05) is 0 Å². The summed E-state index contributed by atoms with van der Waals surface area (Å²) >= 11 is 0. The van der Waals surface area contributed by atoms with Crippen molar-refractivity contribution in [1.29, 1.82) is 0 Å². The molecule has 2 atom stereocenters. The summed E-state index contributed by atoms with van der Waals surface area (Å²) in [5, 5.41) is 12.3. The zero-order valence-electron chi connectivity index (χ0n) is 13.1. The molecule has 25 heavy (non-hydrogen) atoms. The largest absolute Gasteiger partial charge is 0.384 e. The maximum absolute atomic E-state index is 14.0. The molecule has 1 spiro atoms. The van der Waals surface area contributed by atoms with E-state index in [0.717, 1.165) is 0 Å². The van der Waals surface area contributed by atoms with Crippen LogP contribution < -0.4 is 5.32 Å². The van der Waals surface area contributed by atoms with Crippen LogP contribution in [0, 0.1) is 0 Å². The van der Waals surface area contributed by atoms with Crippen molar-refractivity contribution in [2.75, 3.05) is 6.54 Å². The fourth-order valence-corrected chi connectivity index (χ4v) is 4.97. The summed E-state index contributed by atoms with van der Waals surface area (Å²) in [5.74, 6) is -9.69. The second kappa shape index (κ2) is 4.44. The quantitative estimate of drug-likeness (QED) is 0.539. The van der Waals surface area contributed by atoms with Crippen LogP contribution >= 0.6 is 0 Å². The third kappa shape index (κ3) is 2.22. The van der Waals surface area contributed by atoms with Crippen molar-refractivity contribution in [3.8, 4) is 0 Å². The lowest BCUT2D eigenvalue weighted by atomic mass is 9.47. The van der Waals surface area contributed by atoms with E-state index in [0.29, 0.717) is 4.90 Å². The maximum atomic E-state index is 14.0. The van der Waals surface area contributed by atoms with Crippen LogP contribution in [0.4, 0.5) is 22.0 Å². The Bertz CT molecular complexity index is 650. The predicted octanol–water partition coefficient (Wildman–Crippen LogP) is 1.14. The van der Waals surface area contributed by atoms with Crippen LogP contribution in [0.3, 0.4) is 0 Å². The zero-order chi connectivity index (χ0) is 18.5. The molecule has 1 aliphatic heterocycles. The van der Waals surface area contributed by atoms with Crippen LogP contribution in [0.5, 0.6) is 0 Å². The first kappa shape index (κ1) is 17.0. The number of aliphatic hydroxyl groups excluding tert-OH is 1. The summed E-state index contributed by atoms with van der Waals surface area (Å²) in [5.41, 5.74) is -4.33. The molecule has 5 fully saturated rings. The van der Waals surface area contributed by atoms with Crippen LogP contribution in [-0.4, -0.2) is 63.1 Å². The highest BCUT2D eigenvalue weighted by atomic mass is 19.3. The number of carbonyl (C=O) groups excluding carboxylic acids is 2. The smallest absolute Gasteiger partial charge is 0.312 e. The number of likely N-dealkylation sites (tertiary alicyclic amines) is 1. The van der Waals surface area contributed by atoms with Crippen LogP contribution in [0.2, 0.25) is 0 Å². The highest BCUT2D eigenvalue weighted by Crippen LogP contribution is 2.63. The average molecular weight is 368 g/mol. The van der Waals surface area contributed by atoms with Gasteiger partial charge in [0.05, 0.1) is 12.1 Å². The van der Waals surface area contributed by atoms with Crippen molar-refractivity contribution in [3.63, 3.8) is 0 Å². The number of amides is 2. The Morgan fingerprint density at radius 3 is 2.08 bits per heavy atom. The van der Waals surface area contributed by atoms with Gasteiger partial charge in [-0.05, 0) is 6.42 Å². The second-order valence-electron chi connectivity index (χ2n) is 8.11. The SMILES string of the molecule is O=C(NC12CC(F)(C1)C2)C(=O)N1CC(F)(F)C(O)C12CCC(F)(F)C2. The fourth-order valence-electron chi connectivity index (χ4n) is 4.97. The van der Waals surface area contributed by atoms with Crippen molar-refractivity contribution >= 4 is 11.8 Å². The first-order chi connectivity index (χ1) is 11.3. The Kier molecular flexibility index (Phi) is 3.02. The molecule has 2 bridgehead atoms. The third-order valence-electron chi connectivity index (χ3n) is 6.09. The lowest BCUT2D eigenvalue weighted by Gasteiger charge is -2.65. The van der Waals surface area contributed by atoms with E-state index in [4.69, 9.17) is 0 Å². The van der Waals surface area contributed by atoms with Crippen molar-refractivity contribution in [1.82, 2.24) is 10.2 Å². The molecule has 1 saturated heterocycles. The van der Waals surface area contributed by atoms with Crippen molar-refractivity contribution in [2.24, 2.45) is 0 Å². The molecule has 140 valence electrons. The summed E-state index contributed by atoms with van der Waals surface area (Å²) in [6.45, 7) is -1.30. The van der Waals surface area contributed by atoms with E-state index in [2.05, 4.69) is 5.32 Å². The maximum Gasteiger partial charge on any atom is 0.312 e. The predicted molar refractivity (Wildman–Crippen MR) is 72.8 cm³/mol. The Morgan fingerprint density at radius 2 is 1.60 bits per heavy atom. The van der Waals surface area contributed by atoms with E-state index in [1.54, 1.807) is 0 Å². The summed E-state index contributed by atoms with van der Waals surface area (Å²) in [6.07, 6.45) is -4.68. The molecular weight excluding hydrogens is 351 g/mol. The molecule has 4 aliphatic carbocycles. The second-order valence-corrected chi connectivity index (χ2v) is 8.11. The van der Waals surface area contributed by atoms with Gasteiger partial charge in [-0.15, -0.1) is 0 Å². The van der Waals surface area contributed by atoms with E-state index in [1.165, 1.54) is 0 Å². The van der Waals surface area contributed by atoms with Crippen molar-refractivity contribution < 1.29 is 36.6 Å². The molecule has 5 nitrogen and oxygen atoms in total. The molecule has 2 unspecified atom stereocenters. The van der Waals surface area contributed by atoms with Gasteiger partial charge in [0.25, 0.3) is 11.8 Å². The Hall–Kier alpha value is -1.45. The van der Waals surface area contributed by atoms with E-state index in [1.807, 2.05) is 0 Å². The first-order valence-corrected chi connectivity index (χ1v) is 8.09. The molecule has 0 aromatic carbocycles. The lowest BCUT2D eigenvalue weighted by Crippen LogP contribution is -2.77. The zero-order valence-corrected chi connectivity index (χ0v) is 13.1. The van der Waals surface area contributed by atoms with Gasteiger partial charge < -0.3 is 15.3 Å². The van der Waals surface area contributed by atoms with Crippen molar-refractivity contribution in [2.45, 2.75) is 73.2 Å². The Labute approximate surface area is 139 Å². The van der Waals surface area contributed by atoms with Gasteiger partial charge in [0.2, 0.25) is 0 Å². The van der Waals surface area contributed by atoms with Crippen LogP contribution in [0.1, 0.15) is 38.5 Å². The lowest BCUT2D eigenvalue weighted by molar-refractivity contribution is -0.179. The molecule has 0 radical (unpaired) electrons. The van der Waals surface area contributed by atoms with Gasteiger partial charge in [-0.2, -0.15) is 0 Å². The standard InChI is InChI=1S/C15H17F5N2O3/c16-11-3-12(4-11,5-11)21-8(23)9(24)22-7-15(19,20)10(25)13(22)1-2-14(17,18)6-13/h10,25H,1-7H2,(H,21,23). The van der Waals surface area contributed by atoms with E-state index < -0.39 is 72.3 Å². The normalized spacial score (nSPS) is 45.8. The van der Waals surface area contributed by atoms with Gasteiger partial charge in [0.15, 0.2) is 0 Å². The van der Waals surface area contributed by atoms with Crippen molar-refractivity contribution in [3.05, 3.63) is 0 Å². The summed E-state index contributed by atoms with van der Waals surface area (Å²) in [6, 6.07) is 0. The van der Waals surface area contributed by atoms with Crippen LogP contribution in [0.25, 0.3) is 0 Å². The summed E-state index contributed by atoms with van der Waals surface area (Å²) in [7, 11) is 0. The summed E-state index contributed by atoms with van der Waals surface area (Å²) in [4.78, 5) is 24.9. The number of rotatable bonds is 1. The number of halogens is 5. The monoisotopic (exact) mass is 368 g/mol. The minimum Gasteiger partial charge on any atom is -0.384 e. The number of carbonyl (C=O) groups is 2. The molecule has 4 saturated carbocycles. The Morgan fingerprint density at radius 1 is 1.00 bits per heavy atom. The van der Waals surface area contributed by atoms with Gasteiger partial charge in [0, 0.05) is 37.6 Å². The third-order valence-corrected chi connectivity index (χ3v) is 6.09. The van der Waals surface area contributed by atoms with E-state index >= 15 is 0 Å². The minimum atomic E-state index is -3.78. The molecule has 2 amide bonds. The number of aliphatic hydroxyl groups is 1. The van der Waals surface area contributed by atoms with Gasteiger partial charge in [-0.3, -0.25) is 9.59 Å². The van der Waals surface area contributed by atoms with E-state index in [-0.39, 0.29) is 19.3 Å². The summed E-state index contributed by atoms with van der Waals surface area (Å²) < 4.78 is 68.7. The molecular formula is C15H17F5N2O3. The first-order valence-electron chi connectivity index (χ1n) is 8.09. The molecule has 1 heterocycles. The average Bonchev–Trinajstić information content (AvgIpc) is 2.85. The highest BCUT2D eigenvalue weighted by molar-refractivity contribution is 6.35. The van der Waals surface area contributed by atoms with E-state index in [9.17, 15) is 36.6 Å². The molecule has 2 N–H and O–H groups in total. The number of nitrogens with one attached hydrogen (secondary N) is 1. The topological polar surface area (TPSA) is 69.6 Å². The highest BCUT2D eigenvalue weighted by Gasteiger charge is 2.72. The van der Waals surface area contributed by atoms with Gasteiger partial charge in [-0.25, -0.2) is 22.0 Å². The van der Waals surface area contributed by atoms with Gasteiger partial charge >= 0.3 is 11.8 Å². The van der Waals surface area contributed by atoms with Crippen LogP contribution in [-0.2, 0) is 9.59 Å². The molecule has 10 heteroatoms. The number of alkyl halides is 5. The van der Waals surface area contributed by atoms with Gasteiger partial charge in [0.1, 0.15) is 11.8 Å². The minimum absolute atomic E-state index is 0.0566. The molecule has 0 aromatic rings. The molecule has 5 aliphatic rings. The number of nitrogens with zero attached hydrogens (tertiary/aromatic N) is 1. The number of hydrogen-bond donors (Lipinski definition) is 2. The number of hydrogen-bond acceptors (Lipinski definition) is 3. The van der Waals surface area contributed by atoms with Crippen LogP contribution in [0.15, 0.2) is 0 Å².